The number of nitrogens with two attached hydrogens (primary N) is 2. The van der Waals surface area contributed by atoms with E-state index in [-0.39, 0.29) is 21.1 Å². The van der Waals surface area contributed by atoms with Crippen LogP contribution in [0.4, 0.5) is 4.79 Å². The van der Waals surface area contributed by atoms with E-state index < -0.39 is 6.03 Å². The molecule has 0 aromatic carbocycles. The summed E-state index contributed by atoms with van der Waals surface area (Å²) in [5.41, 5.74) is 8.50. The van der Waals surface area contributed by atoms with Crippen LogP contribution in [0.25, 0.3) is 0 Å². The van der Waals surface area contributed by atoms with Crippen LogP contribution < -0.4 is 11.5 Å². The average molecular weight is 156 g/mol. The Morgan fingerprint density at radius 3 is 1.40 bits per heavy atom. The van der Waals surface area contributed by atoms with Gasteiger partial charge in [0.2, 0.25) is 0 Å². The molecule has 0 aromatic rings. The van der Waals surface area contributed by atoms with Gasteiger partial charge in [-0.25, -0.2) is 4.79 Å². The predicted octanol–water partition coefficient (Wildman–Crippen LogP) is -0.979. The minimum absolute atomic E-state index is 0. The van der Waals surface area contributed by atoms with E-state index in [0.29, 0.717) is 0 Å². The van der Waals surface area contributed by atoms with Crippen LogP contribution in [-0.4, -0.2) is 6.03 Å². The van der Waals surface area contributed by atoms with Crippen LogP contribution in [0.5, 0.6) is 0 Å². The summed E-state index contributed by atoms with van der Waals surface area (Å²) in [6.07, 6.45) is 0. The Morgan fingerprint density at radius 1 is 1.40 bits per heavy atom. The number of amides is 2. The topological polar surface area (TPSA) is 69.1 Å². The van der Waals surface area contributed by atoms with Crippen molar-refractivity contribution in [2.45, 2.75) is 0 Å². The predicted molar refractivity (Wildman–Crippen MR) is 13.8 cm³/mol. The van der Waals surface area contributed by atoms with Crippen LogP contribution >= 0.6 is 0 Å². The third-order valence-corrected chi connectivity index (χ3v) is 0. The number of rotatable bonds is 0. The molecule has 0 radical (unpaired) electrons. The van der Waals surface area contributed by atoms with Gasteiger partial charge in [0, 0.05) is 21.1 Å². The van der Waals surface area contributed by atoms with Gasteiger partial charge in [-0.15, -0.1) is 0 Å². The molecular weight excluding hydrogens is 152 g/mol. The van der Waals surface area contributed by atoms with Crippen LogP contribution in [0.2, 0.25) is 0 Å². The number of urea groups is 1. The van der Waals surface area contributed by atoms with Crippen LogP contribution in [0.1, 0.15) is 0 Å². The van der Waals surface area contributed by atoms with E-state index in [1.165, 1.54) is 0 Å². The Labute approximate surface area is 44.0 Å². The molecule has 0 aliphatic heterocycles. The van der Waals surface area contributed by atoms with E-state index >= 15 is 0 Å². The van der Waals surface area contributed by atoms with E-state index in [0.717, 1.165) is 0 Å². The van der Waals surface area contributed by atoms with Crippen LogP contribution in [0.15, 0.2) is 0 Å². The van der Waals surface area contributed by atoms with Crippen molar-refractivity contribution in [3.8, 4) is 0 Å². The molecular formula is CH4MoN2O. The van der Waals surface area contributed by atoms with E-state index in [4.69, 9.17) is 4.79 Å². The first kappa shape index (κ1) is 8.88. The van der Waals surface area contributed by atoms with E-state index in [2.05, 4.69) is 11.5 Å². The minimum Gasteiger partial charge on any atom is -0.352 e. The zero-order chi connectivity index (χ0) is 3.58. The van der Waals surface area contributed by atoms with Gasteiger partial charge in [0.1, 0.15) is 0 Å². The molecule has 0 unspecified atom stereocenters. The molecule has 0 aromatic heterocycles. The number of hydrogen-bond acceptors (Lipinski definition) is 1. The monoisotopic (exact) mass is 158 g/mol. The fraction of sp³-hybridized carbons (Fsp3) is 0. The molecule has 5 heavy (non-hydrogen) atoms. The molecule has 30 valence electrons. The summed E-state index contributed by atoms with van der Waals surface area (Å²) in [7, 11) is 0. The molecule has 0 fully saturated rings. The smallest absolute Gasteiger partial charge is 0.309 e. The van der Waals surface area contributed by atoms with Crippen molar-refractivity contribution >= 4 is 6.03 Å². The van der Waals surface area contributed by atoms with Crippen molar-refractivity contribution in [3.05, 3.63) is 0 Å². The van der Waals surface area contributed by atoms with Gasteiger partial charge in [-0.3, -0.25) is 0 Å². The molecule has 0 saturated heterocycles. The summed E-state index contributed by atoms with van der Waals surface area (Å²) in [6, 6.07) is -0.833. The van der Waals surface area contributed by atoms with Gasteiger partial charge in [-0.2, -0.15) is 0 Å². The minimum atomic E-state index is -0.833. The Hall–Kier alpha value is -0.0417. The van der Waals surface area contributed by atoms with Crippen molar-refractivity contribution in [1.29, 1.82) is 0 Å². The SMILES string of the molecule is NC(N)=O.[Mo]. The number of primary amides is 2. The Kier molecular flexibility index (Phi) is 7.03. The molecule has 4 heteroatoms. The molecule has 0 aliphatic rings. The van der Waals surface area contributed by atoms with Gasteiger partial charge in [0.25, 0.3) is 0 Å². The van der Waals surface area contributed by atoms with E-state index in [1.54, 1.807) is 0 Å². The second-order valence-corrected chi connectivity index (χ2v) is 0.402. The summed E-state index contributed by atoms with van der Waals surface area (Å²) in [6.45, 7) is 0. The van der Waals surface area contributed by atoms with Gasteiger partial charge in [-0.1, -0.05) is 0 Å². The van der Waals surface area contributed by atoms with Crippen molar-refractivity contribution in [3.63, 3.8) is 0 Å². The summed E-state index contributed by atoms with van der Waals surface area (Å²) in [4.78, 5) is 9.00. The molecule has 2 amide bonds. The molecule has 3 nitrogen and oxygen atoms in total. The van der Waals surface area contributed by atoms with Gasteiger partial charge >= 0.3 is 6.03 Å². The van der Waals surface area contributed by atoms with Gasteiger partial charge in [0.15, 0.2) is 0 Å². The second-order valence-electron chi connectivity index (χ2n) is 0.402. The normalized spacial score (nSPS) is 4.80. The zero-order valence-electron chi connectivity index (χ0n) is 2.47. The first-order chi connectivity index (χ1) is 1.73. The molecule has 0 bridgehead atoms. The first-order valence-corrected chi connectivity index (χ1v) is 0.781. The van der Waals surface area contributed by atoms with Gasteiger partial charge in [0.05, 0.1) is 0 Å². The molecule has 0 spiro atoms. The van der Waals surface area contributed by atoms with Crippen molar-refractivity contribution in [2.75, 3.05) is 0 Å². The van der Waals surface area contributed by atoms with Gasteiger partial charge < -0.3 is 11.5 Å². The third-order valence-electron chi connectivity index (χ3n) is 0. The number of carbonyl (C=O) groups excluding carboxylic acids is 1. The number of hydrogen-bond donors (Lipinski definition) is 2. The molecule has 0 saturated carbocycles. The Balaban J connectivity index is 0. The maximum Gasteiger partial charge on any atom is 0.309 e. The summed E-state index contributed by atoms with van der Waals surface area (Å²) >= 11 is 0. The summed E-state index contributed by atoms with van der Waals surface area (Å²) < 4.78 is 0. The first-order valence-electron chi connectivity index (χ1n) is 0.781. The molecule has 0 aliphatic carbocycles. The summed E-state index contributed by atoms with van der Waals surface area (Å²) in [5, 5.41) is 0. The second kappa shape index (κ2) is 3.96. The maximum atomic E-state index is 9.00. The fourth-order valence-electron chi connectivity index (χ4n) is 0. The van der Waals surface area contributed by atoms with Crippen LogP contribution in [0.3, 0.4) is 0 Å². The maximum absolute atomic E-state index is 9.00. The van der Waals surface area contributed by atoms with E-state index in [1.807, 2.05) is 0 Å². The van der Waals surface area contributed by atoms with Crippen molar-refractivity contribution in [2.24, 2.45) is 11.5 Å². The molecule has 0 atom stereocenters. The number of carbonyl (C=O) groups is 1. The zero-order valence-corrected chi connectivity index (χ0v) is 4.48. The van der Waals surface area contributed by atoms with Crippen LogP contribution in [-0.2, 0) is 21.1 Å². The fourth-order valence-corrected chi connectivity index (χ4v) is 0. The standard InChI is InChI=1S/CH4N2O.Mo/c2-1(3)4;/h(H4,2,3,4);. The van der Waals surface area contributed by atoms with Crippen molar-refractivity contribution in [1.82, 2.24) is 0 Å². The van der Waals surface area contributed by atoms with Gasteiger partial charge in [-0.05, 0) is 0 Å². The largest absolute Gasteiger partial charge is 0.352 e. The third kappa shape index (κ3) is 8730. The molecule has 0 rings (SSSR count). The average Bonchev–Trinajstić information content (AvgIpc) is 0.811. The Morgan fingerprint density at radius 2 is 1.40 bits per heavy atom. The van der Waals surface area contributed by atoms with Crippen molar-refractivity contribution < 1.29 is 25.9 Å². The summed E-state index contributed by atoms with van der Waals surface area (Å²) in [5.74, 6) is 0. The Bertz CT molecular complexity index is 32.6. The van der Waals surface area contributed by atoms with E-state index in [9.17, 15) is 0 Å². The van der Waals surface area contributed by atoms with Crippen LogP contribution in [0, 0.1) is 0 Å². The molecule has 0 heterocycles. The quantitative estimate of drug-likeness (QED) is 0.435. The molecule has 4 N–H and O–H groups in total.